The van der Waals surface area contributed by atoms with Crippen LogP contribution in [0.1, 0.15) is 38.4 Å². The molecule has 1 unspecified atom stereocenters. The first-order chi connectivity index (χ1) is 9.60. The number of aliphatic hydroxyl groups excluding tert-OH is 2. The number of aliphatic hydroxyl groups is 2. The molecular formula is C16H27NO3. The lowest BCUT2D eigenvalue weighted by Gasteiger charge is -2.30. The number of benzene rings is 1. The molecule has 3 N–H and O–H groups in total. The predicted octanol–water partition coefficient (Wildman–Crippen LogP) is 2.12. The van der Waals surface area contributed by atoms with E-state index in [1.54, 1.807) is 7.11 Å². The number of nitrogens with one attached hydrogen (secondary N) is 1. The van der Waals surface area contributed by atoms with Crippen molar-refractivity contribution in [2.24, 2.45) is 5.41 Å². The molecule has 0 radical (unpaired) electrons. The molecule has 0 saturated carbocycles. The molecule has 0 amide bonds. The van der Waals surface area contributed by atoms with E-state index >= 15 is 0 Å². The first kappa shape index (κ1) is 17.0. The van der Waals surface area contributed by atoms with Crippen LogP contribution in [0.3, 0.4) is 0 Å². The molecule has 1 aromatic carbocycles. The smallest absolute Gasteiger partial charge is 0.118 e. The van der Waals surface area contributed by atoms with Crippen LogP contribution in [-0.2, 0) is 0 Å². The molecule has 0 aliphatic carbocycles. The van der Waals surface area contributed by atoms with Gasteiger partial charge >= 0.3 is 0 Å². The Hall–Kier alpha value is -1.10. The molecule has 4 heteroatoms. The first-order valence-corrected chi connectivity index (χ1v) is 7.24. The summed E-state index contributed by atoms with van der Waals surface area (Å²) in [6, 6.07) is 7.41. The zero-order valence-corrected chi connectivity index (χ0v) is 12.7. The van der Waals surface area contributed by atoms with Gasteiger partial charge in [0.25, 0.3) is 0 Å². The van der Waals surface area contributed by atoms with Gasteiger partial charge in [-0.1, -0.05) is 26.0 Å². The van der Waals surface area contributed by atoms with Crippen LogP contribution in [0, 0.1) is 5.41 Å². The lowest BCUT2D eigenvalue weighted by Crippen LogP contribution is -2.38. The Kier molecular flexibility index (Phi) is 6.99. The Balaban J connectivity index is 2.48. The molecule has 1 atom stereocenters. The molecule has 1 aromatic rings. The van der Waals surface area contributed by atoms with Crippen LogP contribution in [0.5, 0.6) is 5.75 Å². The van der Waals surface area contributed by atoms with Gasteiger partial charge in [-0.05, 0) is 30.5 Å². The average Bonchev–Trinajstić information content (AvgIpc) is 2.52. The van der Waals surface area contributed by atoms with Crippen molar-refractivity contribution in [3.05, 3.63) is 29.8 Å². The van der Waals surface area contributed by atoms with E-state index in [0.717, 1.165) is 24.2 Å². The molecule has 0 aliphatic heterocycles. The standard InChI is InChI=1S/C16H27NO3/c1-4-16(5-2,12-18)11-17-10-15(19)13-6-8-14(20-3)9-7-13/h6-9,15,17-19H,4-5,10-12H2,1-3H3. The van der Waals surface area contributed by atoms with Crippen LogP contribution in [0.15, 0.2) is 24.3 Å². The number of ether oxygens (including phenoxy) is 1. The van der Waals surface area contributed by atoms with Gasteiger partial charge in [0.05, 0.1) is 13.2 Å². The van der Waals surface area contributed by atoms with Gasteiger partial charge in [0, 0.05) is 25.1 Å². The second kappa shape index (κ2) is 8.25. The summed E-state index contributed by atoms with van der Waals surface area (Å²) in [6.07, 6.45) is 1.29. The summed E-state index contributed by atoms with van der Waals surface area (Å²) in [5.74, 6) is 0.783. The topological polar surface area (TPSA) is 61.7 Å². The normalized spacial score (nSPS) is 13.2. The molecular weight excluding hydrogens is 254 g/mol. The third kappa shape index (κ3) is 4.47. The number of hydrogen-bond donors (Lipinski definition) is 3. The highest BCUT2D eigenvalue weighted by Crippen LogP contribution is 2.24. The molecule has 4 nitrogen and oxygen atoms in total. The van der Waals surface area contributed by atoms with Gasteiger partial charge in [0.2, 0.25) is 0 Å². The minimum Gasteiger partial charge on any atom is -0.497 e. The van der Waals surface area contributed by atoms with Crippen LogP contribution in [0.4, 0.5) is 0 Å². The van der Waals surface area contributed by atoms with Crippen molar-refractivity contribution in [1.29, 1.82) is 0 Å². The summed E-state index contributed by atoms with van der Waals surface area (Å²) < 4.78 is 5.09. The second-order valence-corrected chi connectivity index (χ2v) is 5.29. The second-order valence-electron chi connectivity index (χ2n) is 5.29. The molecule has 0 saturated heterocycles. The van der Waals surface area contributed by atoms with Crippen LogP contribution < -0.4 is 10.1 Å². The molecule has 20 heavy (non-hydrogen) atoms. The van der Waals surface area contributed by atoms with Gasteiger partial charge in [-0.3, -0.25) is 0 Å². The lowest BCUT2D eigenvalue weighted by atomic mass is 9.83. The summed E-state index contributed by atoms with van der Waals surface area (Å²) in [4.78, 5) is 0. The van der Waals surface area contributed by atoms with Gasteiger partial charge in [-0.15, -0.1) is 0 Å². The molecule has 0 fully saturated rings. The SMILES string of the molecule is CCC(CC)(CO)CNCC(O)c1ccc(OC)cc1. The third-order valence-corrected chi connectivity index (χ3v) is 4.17. The van der Waals surface area contributed by atoms with Gasteiger partial charge < -0.3 is 20.3 Å². The Morgan fingerprint density at radius 3 is 2.25 bits per heavy atom. The van der Waals surface area contributed by atoms with E-state index in [9.17, 15) is 10.2 Å². The van der Waals surface area contributed by atoms with Crippen molar-refractivity contribution in [2.45, 2.75) is 32.8 Å². The summed E-state index contributed by atoms with van der Waals surface area (Å²) in [7, 11) is 1.62. The van der Waals surface area contributed by atoms with Crippen molar-refractivity contribution < 1.29 is 14.9 Å². The molecule has 114 valence electrons. The van der Waals surface area contributed by atoms with Crippen LogP contribution in [-0.4, -0.2) is 37.0 Å². The van der Waals surface area contributed by atoms with Crippen molar-refractivity contribution in [3.8, 4) is 5.75 Å². The lowest BCUT2D eigenvalue weighted by molar-refractivity contribution is 0.104. The summed E-state index contributed by atoms with van der Waals surface area (Å²) in [6.45, 7) is 5.53. The van der Waals surface area contributed by atoms with Crippen molar-refractivity contribution in [1.82, 2.24) is 5.32 Å². The highest BCUT2D eigenvalue weighted by atomic mass is 16.5. The Bertz CT molecular complexity index is 366. The highest BCUT2D eigenvalue weighted by Gasteiger charge is 2.24. The number of rotatable bonds is 9. The van der Waals surface area contributed by atoms with Crippen molar-refractivity contribution >= 4 is 0 Å². The molecule has 0 bridgehead atoms. The maximum atomic E-state index is 10.1. The van der Waals surface area contributed by atoms with Crippen LogP contribution >= 0.6 is 0 Å². The highest BCUT2D eigenvalue weighted by molar-refractivity contribution is 5.28. The summed E-state index contributed by atoms with van der Waals surface area (Å²) in [5.41, 5.74) is 0.778. The van der Waals surface area contributed by atoms with E-state index in [2.05, 4.69) is 19.2 Å². The molecule has 0 heterocycles. The maximum absolute atomic E-state index is 10.1. The summed E-state index contributed by atoms with van der Waals surface area (Å²) in [5, 5.41) is 22.9. The Morgan fingerprint density at radius 2 is 1.80 bits per heavy atom. The van der Waals surface area contributed by atoms with Gasteiger partial charge in [0.15, 0.2) is 0 Å². The van der Waals surface area contributed by atoms with Crippen LogP contribution in [0.2, 0.25) is 0 Å². The zero-order chi connectivity index (χ0) is 15.0. The number of methoxy groups -OCH3 is 1. The van der Waals surface area contributed by atoms with E-state index < -0.39 is 6.10 Å². The minimum absolute atomic E-state index is 0.0837. The van der Waals surface area contributed by atoms with E-state index in [-0.39, 0.29) is 12.0 Å². The van der Waals surface area contributed by atoms with E-state index in [1.165, 1.54) is 0 Å². The maximum Gasteiger partial charge on any atom is 0.118 e. The predicted molar refractivity (Wildman–Crippen MR) is 80.9 cm³/mol. The number of hydrogen-bond acceptors (Lipinski definition) is 4. The van der Waals surface area contributed by atoms with Crippen molar-refractivity contribution in [2.75, 3.05) is 26.8 Å². The van der Waals surface area contributed by atoms with E-state index in [0.29, 0.717) is 13.1 Å². The zero-order valence-electron chi connectivity index (χ0n) is 12.7. The quantitative estimate of drug-likeness (QED) is 0.649. The van der Waals surface area contributed by atoms with Gasteiger partial charge in [-0.25, -0.2) is 0 Å². The third-order valence-electron chi connectivity index (χ3n) is 4.17. The summed E-state index contributed by atoms with van der Waals surface area (Å²) >= 11 is 0. The Labute approximate surface area is 121 Å². The minimum atomic E-state index is -0.550. The molecule has 0 aromatic heterocycles. The average molecular weight is 281 g/mol. The fourth-order valence-corrected chi connectivity index (χ4v) is 2.20. The van der Waals surface area contributed by atoms with Crippen molar-refractivity contribution in [3.63, 3.8) is 0 Å². The monoisotopic (exact) mass is 281 g/mol. The van der Waals surface area contributed by atoms with E-state index in [1.807, 2.05) is 24.3 Å². The van der Waals surface area contributed by atoms with E-state index in [4.69, 9.17) is 4.74 Å². The largest absolute Gasteiger partial charge is 0.497 e. The molecule has 1 rings (SSSR count). The first-order valence-electron chi connectivity index (χ1n) is 7.24. The Morgan fingerprint density at radius 1 is 1.20 bits per heavy atom. The fraction of sp³-hybridized carbons (Fsp3) is 0.625. The van der Waals surface area contributed by atoms with Gasteiger partial charge in [0.1, 0.15) is 5.75 Å². The molecule has 0 aliphatic rings. The van der Waals surface area contributed by atoms with Gasteiger partial charge in [-0.2, -0.15) is 0 Å². The van der Waals surface area contributed by atoms with Crippen LogP contribution in [0.25, 0.3) is 0 Å². The molecule has 0 spiro atoms. The fourth-order valence-electron chi connectivity index (χ4n) is 2.20.